The van der Waals surface area contributed by atoms with Crippen LogP contribution in [0.5, 0.6) is 0 Å². The van der Waals surface area contributed by atoms with E-state index < -0.39 is 0 Å². The van der Waals surface area contributed by atoms with Gasteiger partial charge >= 0.3 is 0 Å². The zero-order valence-corrected chi connectivity index (χ0v) is 12.6. The second-order valence-electron chi connectivity index (χ2n) is 5.66. The van der Waals surface area contributed by atoms with Gasteiger partial charge in [-0.1, -0.05) is 19.3 Å². The second kappa shape index (κ2) is 6.76. The van der Waals surface area contributed by atoms with Gasteiger partial charge in [-0.2, -0.15) is 16.9 Å². The van der Waals surface area contributed by atoms with Crippen molar-refractivity contribution in [3.63, 3.8) is 0 Å². The third-order valence-electron chi connectivity index (χ3n) is 4.14. The maximum atomic E-state index is 12.2. The number of ketones is 1. The number of carbonyl (C=O) groups is 1. The Morgan fingerprint density at radius 1 is 1.40 bits per heavy atom. The number of hydrogen-bond donors (Lipinski definition) is 0. The van der Waals surface area contributed by atoms with Crippen LogP contribution >= 0.6 is 11.8 Å². The molecular formula is C15H22N2O2S. The molecule has 1 unspecified atom stereocenters. The quantitative estimate of drug-likeness (QED) is 0.856. The summed E-state index contributed by atoms with van der Waals surface area (Å²) in [6, 6.07) is 2.52. The Hall–Kier alpha value is -0.810. The van der Waals surface area contributed by atoms with E-state index in [1.54, 1.807) is 11.8 Å². The summed E-state index contributed by atoms with van der Waals surface area (Å²) in [5.74, 6) is 1.97. The van der Waals surface area contributed by atoms with Crippen molar-refractivity contribution in [1.82, 2.24) is 9.78 Å². The van der Waals surface area contributed by atoms with Gasteiger partial charge in [0, 0.05) is 17.7 Å². The smallest absolute Gasteiger partial charge is 0.168 e. The van der Waals surface area contributed by atoms with Crippen molar-refractivity contribution in [2.75, 3.05) is 18.1 Å². The number of aromatic nitrogens is 2. The van der Waals surface area contributed by atoms with Crippen molar-refractivity contribution in [3.8, 4) is 0 Å². The first-order valence-electron chi connectivity index (χ1n) is 7.59. The molecule has 0 spiro atoms. The molecule has 0 radical (unpaired) electrons. The summed E-state index contributed by atoms with van der Waals surface area (Å²) < 4.78 is 7.60. The fraction of sp³-hybridized carbons (Fsp3) is 0.733. The topological polar surface area (TPSA) is 44.1 Å². The maximum absolute atomic E-state index is 12.2. The molecule has 1 atom stereocenters. The summed E-state index contributed by atoms with van der Waals surface area (Å²) in [6.45, 7) is 0.692. The Morgan fingerprint density at radius 3 is 3.00 bits per heavy atom. The number of rotatable bonds is 4. The predicted molar refractivity (Wildman–Crippen MR) is 80.1 cm³/mol. The van der Waals surface area contributed by atoms with Crippen molar-refractivity contribution < 1.29 is 9.53 Å². The average molecular weight is 294 g/mol. The largest absolute Gasteiger partial charge is 0.369 e. The molecule has 20 heavy (non-hydrogen) atoms. The summed E-state index contributed by atoms with van der Waals surface area (Å²) in [7, 11) is 0. The van der Waals surface area contributed by atoms with Gasteiger partial charge in [-0.15, -0.1) is 0 Å². The van der Waals surface area contributed by atoms with Crippen molar-refractivity contribution in [1.29, 1.82) is 0 Å². The van der Waals surface area contributed by atoms with E-state index in [0.29, 0.717) is 19.1 Å². The lowest BCUT2D eigenvalue weighted by atomic mass is 9.96. The summed E-state index contributed by atoms with van der Waals surface area (Å²) >= 11 is 1.80. The van der Waals surface area contributed by atoms with E-state index >= 15 is 0 Å². The molecule has 1 saturated heterocycles. The van der Waals surface area contributed by atoms with Crippen LogP contribution in [-0.2, 0) is 16.0 Å². The predicted octanol–water partition coefficient (Wildman–Crippen LogP) is 2.63. The number of carbonyl (C=O) groups excluding carboxylic acids is 1. The van der Waals surface area contributed by atoms with Gasteiger partial charge in [-0.3, -0.25) is 9.48 Å². The number of thioether (sulfide) groups is 1. The standard InChI is InChI=1S/C15H22N2O2S/c18-14(15-11-20-9-8-19-15)10-12-6-7-17(16-12)13-4-2-1-3-5-13/h6-7,13,15H,1-5,8-11H2. The maximum Gasteiger partial charge on any atom is 0.168 e. The van der Waals surface area contributed by atoms with Crippen molar-refractivity contribution >= 4 is 17.5 Å². The molecule has 4 nitrogen and oxygen atoms in total. The van der Waals surface area contributed by atoms with Crippen LogP contribution < -0.4 is 0 Å². The molecule has 1 aromatic rings. The molecule has 0 aromatic carbocycles. The molecule has 0 amide bonds. The molecule has 5 heteroatoms. The van der Waals surface area contributed by atoms with Crippen molar-refractivity contribution in [2.45, 2.75) is 50.7 Å². The minimum absolute atomic E-state index is 0.172. The van der Waals surface area contributed by atoms with Crippen LogP contribution in [0.4, 0.5) is 0 Å². The molecular weight excluding hydrogens is 272 g/mol. The molecule has 1 aromatic heterocycles. The van der Waals surface area contributed by atoms with Gasteiger partial charge in [0.1, 0.15) is 6.10 Å². The zero-order valence-electron chi connectivity index (χ0n) is 11.8. The average Bonchev–Trinajstić information content (AvgIpc) is 2.97. The molecule has 2 aliphatic rings. The highest BCUT2D eigenvalue weighted by atomic mass is 32.2. The van der Waals surface area contributed by atoms with Crippen LogP contribution in [0, 0.1) is 0 Å². The summed E-state index contributed by atoms with van der Waals surface area (Å²) in [5, 5.41) is 4.60. The molecule has 2 heterocycles. The highest BCUT2D eigenvalue weighted by Gasteiger charge is 2.23. The third-order valence-corrected chi connectivity index (χ3v) is 5.14. The fourth-order valence-electron chi connectivity index (χ4n) is 2.99. The Labute approximate surface area is 124 Å². The minimum Gasteiger partial charge on any atom is -0.369 e. The van der Waals surface area contributed by atoms with E-state index in [0.717, 1.165) is 17.2 Å². The van der Waals surface area contributed by atoms with Gasteiger partial charge < -0.3 is 4.74 Å². The van der Waals surface area contributed by atoms with Crippen LogP contribution in [0.2, 0.25) is 0 Å². The molecule has 0 N–H and O–H groups in total. The van der Waals surface area contributed by atoms with Crippen LogP contribution in [0.3, 0.4) is 0 Å². The highest BCUT2D eigenvalue weighted by molar-refractivity contribution is 7.99. The minimum atomic E-state index is -0.228. The van der Waals surface area contributed by atoms with Crippen LogP contribution in [0.25, 0.3) is 0 Å². The number of nitrogens with zero attached hydrogens (tertiary/aromatic N) is 2. The van der Waals surface area contributed by atoms with Crippen molar-refractivity contribution in [3.05, 3.63) is 18.0 Å². The van der Waals surface area contributed by atoms with E-state index in [2.05, 4.69) is 9.78 Å². The summed E-state index contributed by atoms with van der Waals surface area (Å²) in [6.07, 6.45) is 8.60. The Morgan fingerprint density at radius 2 is 2.25 bits per heavy atom. The molecule has 1 saturated carbocycles. The lowest BCUT2D eigenvalue weighted by Crippen LogP contribution is -2.32. The zero-order chi connectivity index (χ0) is 13.8. The molecule has 1 aliphatic heterocycles. The molecule has 110 valence electrons. The first-order valence-corrected chi connectivity index (χ1v) is 8.74. The Balaban J connectivity index is 1.57. The molecule has 1 aliphatic carbocycles. The van der Waals surface area contributed by atoms with E-state index in [9.17, 15) is 4.79 Å². The number of Topliss-reactive ketones (excluding diaryl/α,β-unsaturated/α-hetero) is 1. The molecule has 2 fully saturated rings. The van der Waals surface area contributed by atoms with Crippen LogP contribution in [-0.4, -0.2) is 39.8 Å². The number of ether oxygens (including phenoxy) is 1. The molecule has 3 rings (SSSR count). The first kappa shape index (κ1) is 14.1. The van der Waals surface area contributed by atoms with Gasteiger partial charge in [0.05, 0.1) is 24.8 Å². The van der Waals surface area contributed by atoms with Gasteiger partial charge in [0.15, 0.2) is 5.78 Å². The Kier molecular flexibility index (Phi) is 4.78. The monoisotopic (exact) mass is 294 g/mol. The fourth-order valence-corrected chi connectivity index (χ4v) is 3.86. The van der Waals surface area contributed by atoms with E-state index in [4.69, 9.17) is 4.74 Å². The van der Waals surface area contributed by atoms with Crippen LogP contribution in [0.1, 0.15) is 43.8 Å². The van der Waals surface area contributed by atoms with E-state index in [-0.39, 0.29) is 11.9 Å². The lowest BCUT2D eigenvalue weighted by Gasteiger charge is -2.22. The van der Waals surface area contributed by atoms with Gasteiger partial charge in [0.25, 0.3) is 0 Å². The SMILES string of the molecule is O=C(Cc1ccn(C2CCCCC2)n1)C1CSCCO1. The lowest BCUT2D eigenvalue weighted by molar-refractivity contribution is -0.128. The third kappa shape index (κ3) is 3.44. The van der Waals surface area contributed by atoms with Crippen molar-refractivity contribution in [2.24, 2.45) is 0 Å². The van der Waals surface area contributed by atoms with Gasteiger partial charge in [-0.05, 0) is 18.9 Å². The van der Waals surface area contributed by atoms with Gasteiger partial charge in [0.2, 0.25) is 0 Å². The summed E-state index contributed by atoms with van der Waals surface area (Å²) in [5.41, 5.74) is 0.889. The van der Waals surface area contributed by atoms with Crippen LogP contribution in [0.15, 0.2) is 12.3 Å². The highest BCUT2D eigenvalue weighted by Crippen LogP contribution is 2.27. The molecule has 0 bridgehead atoms. The number of hydrogen-bond acceptors (Lipinski definition) is 4. The normalized spacial score (nSPS) is 24.7. The van der Waals surface area contributed by atoms with E-state index in [1.807, 2.05) is 12.3 Å². The van der Waals surface area contributed by atoms with Gasteiger partial charge in [-0.25, -0.2) is 0 Å². The van der Waals surface area contributed by atoms with E-state index in [1.165, 1.54) is 32.1 Å². The first-order chi connectivity index (χ1) is 9.83. The summed E-state index contributed by atoms with van der Waals surface area (Å²) in [4.78, 5) is 12.2. The Bertz CT molecular complexity index is 448. The second-order valence-corrected chi connectivity index (χ2v) is 6.81.